The predicted molar refractivity (Wildman–Crippen MR) is 104 cm³/mol. The van der Waals surface area contributed by atoms with Crippen molar-refractivity contribution in [3.8, 4) is 0 Å². The van der Waals surface area contributed by atoms with Gasteiger partial charge in [-0.3, -0.25) is 14.4 Å². The van der Waals surface area contributed by atoms with Crippen LogP contribution in [0.25, 0.3) is 0 Å². The Bertz CT molecular complexity index is 549. The van der Waals surface area contributed by atoms with Crippen molar-refractivity contribution >= 4 is 22.7 Å². The third kappa shape index (κ3) is 5.59. The van der Waals surface area contributed by atoms with E-state index >= 15 is 0 Å². The quantitative estimate of drug-likeness (QED) is 0.524. The zero-order valence-corrected chi connectivity index (χ0v) is 18.3. The van der Waals surface area contributed by atoms with E-state index in [1.807, 2.05) is 0 Å². The molecule has 1 fully saturated rings. The van der Waals surface area contributed by atoms with Crippen LogP contribution in [0.4, 0.5) is 0 Å². The summed E-state index contributed by atoms with van der Waals surface area (Å²) in [4.78, 5) is 4.75. The Morgan fingerprint density at radius 2 is 1.25 bits per heavy atom. The van der Waals surface area contributed by atoms with Crippen molar-refractivity contribution in [2.24, 2.45) is 0 Å². The molecule has 1 N–H and O–H groups in total. The molecule has 0 amide bonds. The molecule has 1 saturated heterocycles. The maximum absolute atomic E-state index is 11.6. The first-order valence-corrected chi connectivity index (χ1v) is 10.5. The van der Waals surface area contributed by atoms with Gasteiger partial charge < -0.3 is 0 Å². The second kappa shape index (κ2) is 6.72. The van der Waals surface area contributed by atoms with E-state index in [0.717, 1.165) is 26.2 Å². The normalized spacial score (nSPS) is 19.9. The Kier molecular flexibility index (Phi) is 6.23. The highest BCUT2D eigenvalue weighted by Gasteiger charge is 2.44. The molecule has 0 atom stereocenters. The third-order valence-electron chi connectivity index (χ3n) is 5.12. The fourth-order valence-electron chi connectivity index (χ4n) is 3.99. The van der Waals surface area contributed by atoms with Gasteiger partial charge in [-0.2, -0.15) is 21.0 Å². The Balaban J connectivity index is 2.84. The molecule has 0 aromatic carbocycles. The van der Waals surface area contributed by atoms with Crippen LogP contribution in [0.15, 0.2) is 0 Å². The molecule has 1 aliphatic heterocycles. The first-order valence-electron chi connectivity index (χ1n) is 8.57. The average Bonchev–Trinajstić information content (AvgIpc) is 2.71. The largest absolute Gasteiger partial charge is 0.285 e. The molecule has 144 valence electrons. The molecule has 7 heteroatoms. The monoisotopic (exact) mass is 380 g/mol. The molecule has 0 spiro atoms. The molecule has 0 unspecified atom stereocenters. The van der Waals surface area contributed by atoms with Gasteiger partial charge in [0.15, 0.2) is 0 Å². The van der Waals surface area contributed by atoms with Crippen LogP contribution in [0.2, 0.25) is 0 Å². The Morgan fingerprint density at radius 3 is 1.58 bits per heavy atom. The minimum atomic E-state index is -4.08. The van der Waals surface area contributed by atoms with Crippen molar-refractivity contribution in [1.82, 2.24) is 9.80 Å². The molecule has 0 aromatic rings. The Hall–Kier alpha value is 0.180. The van der Waals surface area contributed by atoms with Crippen LogP contribution in [0.1, 0.15) is 68.2 Å². The SMILES string of the molecule is CC(C)(S)CC(C)(C)N1CCN(C(C)(C)CC(C)(C)S(=O)(=O)O)C1. The summed E-state index contributed by atoms with van der Waals surface area (Å²) in [5.74, 6) is 0. The minimum absolute atomic E-state index is 0.0225. The molecule has 0 bridgehead atoms. The summed E-state index contributed by atoms with van der Waals surface area (Å²) in [7, 11) is -4.08. The average molecular weight is 381 g/mol. The lowest BCUT2D eigenvalue weighted by Gasteiger charge is -2.43. The summed E-state index contributed by atoms with van der Waals surface area (Å²) in [6.45, 7) is 18.7. The molecule has 0 aliphatic carbocycles. The first kappa shape index (κ1) is 22.2. The Morgan fingerprint density at radius 1 is 0.875 bits per heavy atom. The number of hydrogen-bond acceptors (Lipinski definition) is 5. The topological polar surface area (TPSA) is 60.9 Å². The fourth-order valence-corrected chi connectivity index (χ4v) is 4.91. The maximum Gasteiger partial charge on any atom is 0.270 e. The van der Waals surface area contributed by atoms with Crippen LogP contribution >= 0.6 is 12.6 Å². The van der Waals surface area contributed by atoms with Crippen LogP contribution in [0, 0.1) is 0 Å². The van der Waals surface area contributed by atoms with E-state index in [0.29, 0.717) is 6.42 Å². The van der Waals surface area contributed by atoms with Gasteiger partial charge in [-0.1, -0.05) is 13.8 Å². The molecule has 24 heavy (non-hydrogen) atoms. The second-order valence-corrected chi connectivity index (χ2v) is 13.0. The molecular formula is C17H36N2O3S2. The molecule has 0 radical (unpaired) electrons. The van der Waals surface area contributed by atoms with E-state index in [2.05, 4.69) is 64.0 Å². The lowest BCUT2D eigenvalue weighted by molar-refractivity contribution is 0.0626. The minimum Gasteiger partial charge on any atom is -0.285 e. The van der Waals surface area contributed by atoms with Crippen molar-refractivity contribution in [2.75, 3.05) is 19.8 Å². The third-order valence-corrected chi connectivity index (χ3v) is 6.81. The number of nitrogens with zero attached hydrogens (tertiary/aromatic N) is 2. The molecular weight excluding hydrogens is 344 g/mol. The van der Waals surface area contributed by atoms with Crippen molar-refractivity contribution in [1.29, 1.82) is 0 Å². The van der Waals surface area contributed by atoms with Gasteiger partial charge in [-0.25, -0.2) is 0 Å². The van der Waals surface area contributed by atoms with Crippen molar-refractivity contribution in [3.63, 3.8) is 0 Å². The van der Waals surface area contributed by atoms with E-state index < -0.39 is 14.9 Å². The number of rotatable bonds is 7. The standard InChI is InChI=1S/C17H36N2O3S2/c1-14(2,11-16(5,6)23)18-9-10-19(13-18)15(3,4)12-17(7,8)24(20,21)22/h23H,9-13H2,1-8H3,(H,20,21,22). The number of hydrogen-bond donors (Lipinski definition) is 2. The van der Waals surface area contributed by atoms with Gasteiger partial charge in [0, 0.05) is 28.9 Å². The molecule has 0 aromatic heterocycles. The summed E-state index contributed by atoms with van der Waals surface area (Å²) < 4.78 is 31.6. The molecule has 5 nitrogen and oxygen atoms in total. The summed E-state index contributed by atoms with van der Waals surface area (Å²) in [6.07, 6.45) is 1.35. The zero-order valence-electron chi connectivity index (χ0n) is 16.5. The highest BCUT2D eigenvalue weighted by molar-refractivity contribution is 7.87. The van der Waals surface area contributed by atoms with E-state index in [-0.39, 0.29) is 15.8 Å². The van der Waals surface area contributed by atoms with Gasteiger partial charge in [0.05, 0.1) is 11.4 Å². The summed E-state index contributed by atoms with van der Waals surface area (Å²) >= 11 is 4.67. The van der Waals surface area contributed by atoms with E-state index in [1.165, 1.54) is 0 Å². The predicted octanol–water partition coefficient (Wildman–Crippen LogP) is 3.27. The molecule has 0 saturated carbocycles. The van der Waals surface area contributed by atoms with Gasteiger partial charge in [0.25, 0.3) is 10.1 Å². The smallest absolute Gasteiger partial charge is 0.270 e. The van der Waals surface area contributed by atoms with Gasteiger partial charge in [0.1, 0.15) is 0 Å². The second-order valence-electron chi connectivity index (χ2n) is 9.69. The zero-order chi connectivity index (χ0) is 19.2. The van der Waals surface area contributed by atoms with Crippen molar-refractivity contribution in [3.05, 3.63) is 0 Å². The summed E-state index contributed by atoms with van der Waals surface area (Å²) in [5.41, 5.74) is -0.296. The molecule has 1 heterocycles. The van der Waals surface area contributed by atoms with Gasteiger partial charge in [-0.15, -0.1) is 0 Å². The Labute approximate surface area is 154 Å². The maximum atomic E-state index is 11.6. The van der Waals surface area contributed by atoms with Gasteiger partial charge in [-0.05, 0) is 54.4 Å². The van der Waals surface area contributed by atoms with Crippen molar-refractivity contribution < 1.29 is 13.0 Å². The van der Waals surface area contributed by atoms with Gasteiger partial charge >= 0.3 is 0 Å². The van der Waals surface area contributed by atoms with E-state index in [4.69, 9.17) is 0 Å². The van der Waals surface area contributed by atoms with Crippen LogP contribution in [0.3, 0.4) is 0 Å². The molecule has 1 aliphatic rings. The summed E-state index contributed by atoms with van der Waals surface area (Å²) in [6, 6.07) is 0. The highest BCUT2D eigenvalue weighted by atomic mass is 32.2. The van der Waals surface area contributed by atoms with Crippen LogP contribution in [-0.4, -0.2) is 63.1 Å². The van der Waals surface area contributed by atoms with Crippen LogP contribution in [-0.2, 0) is 10.1 Å². The fraction of sp³-hybridized carbons (Fsp3) is 1.00. The van der Waals surface area contributed by atoms with Crippen LogP contribution < -0.4 is 0 Å². The summed E-state index contributed by atoms with van der Waals surface area (Å²) in [5, 5.41) is 0. The number of thiol groups is 1. The molecule has 1 rings (SSSR count). The lowest BCUT2D eigenvalue weighted by atomic mass is 9.90. The lowest BCUT2D eigenvalue weighted by Crippen LogP contribution is -2.52. The van der Waals surface area contributed by atoms with Gasteiger partial charge in [0.2, 0.25) is 0 Å². The van der Waals surface area contributed by atoms with E-state index in [9.17, 15) is 13.0 Å². The van der Waals surface area contributed by atoms with E-state index in [1.54, 1.807) is 13.8 Å². The first-order chi connectivity index (χ1) is 10.4. The highest BCUT2D eigenvalue weighted by Crippen LogP contribution is 2.36. The van der Waals surface area contributed by atoms with Crippen LogP contribution in [0.5, 0.6) is 0 Å². The van der Waals surface area contributed by atoms with Crippen molar-refractivity contribution in [2.45, 2.75) is 88.8 Å².